The second kappa shape index (κ2) is 4.66. The summed E-state index contributed by atoms with van der Waals surface area (Å²) in [6.45, 7) is 0. The Morgan fingerprint density at radius 2 is 2.20 bits per heavy atom. The molecule has 0 bridgehead atoms. The number of nitrogens with zero attached hydrogens (tertiary/aromatic N) is 1. The summed E-state index contributed by atoms with van der Waals surface area (Å²) >= 11 is 5.81. The van der Waals surface area contributed by atoms with E-state index in [4.69, 9.17) is 16.0 Å². The molecule has 1 aromatic carbocycles. The molecule has 1 aromatic heterocycles. The molecule has 0 saturated heterocycles. The highest BCUT2D eigenvalue weighted by molar-refractivity contribution is 6.30. The summed E-state index contributed by atoms with van der Waals surface area (Å²) in [7, 11) is 0. The summed E-state index contributed by atoms with van der Waals surface area (Å²) in [5.41, 5.74) is 3.69. The van der Waals surface area contributed by atoms with Gasteiger partial charge in [-0.3, -0.25) is 5.43 Å². The molecular weight excluding hydrogens is 212 g/mol. The van der Waals surface area contributed by atoms with Crippen LogP contribution in [0.3, 0.4) is 0 Å². The van der Waals surface area contributed by atoms with Gasteiger partial charge in [-0.05, 0) is 30.3 Å². The fourth-order valence-corrected chi connectivity index (χ4v) is 1.28. The van der Waals surface area contributed by atoms with E-state index in [9.17, 15) is 0 Å². The van der Waals surface area contributed by atoms with Gasteiger partial charge in [0.1, 0.15) is 5.76 Å². The van der Waals surface area contributed by atoms with Crippen LogP contribution < -0.4 is 5.43 Å². The van der Waals surface area contributed by atoms with E-state index in [0.717, 1.165) is 5.69 Å². The second-order valence-corrected chi connectivity index (χ2v) is 3.33. The van der Waals surface area contributed by atoms with E-state index >= 15 is 0 Å². The van der Waals surface area contributed by atoms with Crippen molar-refractivity contribution in [3.05, 3.63) is 53.4 Å². The highest BCUT2D eigenvalue weighted by Crippen LogP contribution is 2.14. The van der Waals surface area contributed by atoms with E-state index in [1.807, 2.05) is 24.3 Å². The van der Waals surface area contributed by atoms with Crippen LogP contribution in [0.5, 0.6) is 0 Å². The van der Waals surface area contributed by atoms with Crippen molar-refractivity contribution in [2.24, 2.45) is 5.10 Å². The maximum atomic E-state index is 5.81. The smallest absolute Gasteiger partial charge is 0.146 e. The van der Waals surface area contributed by atoms with Gasteiger partial charge in [-0.1, -0.05) is 17.7 Å². The van der Waals surface area contributed by atoms with Gasteiger partial charge in [0.25, 0.3) is 0 Å². The highest BCUT2D eigenvalue weighted by atomic mass is 35.5. The monoisotopic (exact) mass is 220 g/mol. The van der Waals surface area contributed by atoms with Crippen LogP contribution in [-0.2, 0) is 0 Å². The maximum Gasteiger partial charge on any atom is 0.146 e. The van der Waals surface area contributed by atoms with E-state index in [2.05, 4.69) is 10.5 Å². The van der Waals surface area contributed by atoms with Crippen LogP contribution in [0.25, 0.3) is 0 Å². The number of benzene rings is 1. The van der Waals surface area contributed by atoms with Crippen LogP contribution in [0.1, 0.15) is 5.76 Å². The first-order valence-electron chi connectivity index (χ1n) is 4.43. The average molecular weight is 221 g/mol. The molecule has 1 heterocycles. The van der Waals surface area contributed by atoms with Crippen molar-refractivity contribution < 1.29 is 4.42 Å². The highest BCUT2D eigenvalue weighted by Gasteiger charge is 1.91. The Balaban J connectivity index is 1.99. The van der Waals surface area contributed by atoms with Crippen LogP contribution in [0.4, 0.5) is 5.69 Å². The summed E-state index contributed by atoms with van der Waals surface area (Å²) < 4.78 is 5.08. The molecule has 0 aliphatic heterocycles. The fourth-order valence-electron chi connectivity index (χ4n) is 1.09. The molecule has 2 aromatic rings. The molecule has 4 heteroatoms. The van der Waals surface area contributed by atoms with Gasteiger partial charge in [-0.25, -0.2) is 0 Å². The standard InChI is InChI=1S/C11H9ClN2O/c12-9-3-1-4-10(7-9)14-13-8-11-5-2-6-15-11/h1-8,14H/b13-8+. The van der Waals surface area contributed by atoms with Crippen LogP contribution in [-0.4, -0.2) is 6.21 Å². The lowest BCUT2D eigenvalue weighted by Crippen LogP contribution is -1.88. The zero-order valence-corrected chi connectivity index (χ0v) is 8.61. The van der Waals surface area contributed by atoms with E-state index in [0.29, 0.717) is 10.8 Å². The molecule has 15 heavy (non-hydrogen) atoms. The lowest BCUT2D eigenvalue weighted by Gasteiger charge is -1.98. The maximum absolute atomic E-state index is 5.81. The number of halogens is 1. The molecule has 0 saturated carbocycles. The molecule has 3 nitrogen and oxygen atoms in total. The number of hydrogen-bond acceptors (Lipinski definition) is 3. The van der Waals surface area contributed by atoms with Crippen LogP contribution in [0, 0.1) is 0 Å². The molecule has 0 atom stereocenters. The number of anilines is 1. The zero-order valence-electron chi connectivity index (χ0n) is 7.85. The molecule has 0 amide bonds. The summed E-state index contributed by atoms with van der Waals surface area (Å²) in [5, 5.41) is 4.67. The molecule has 0 unspecified atom stereocenters. The van der Waals surface area contributed by atoms with Gasteiger partial charge >= 0.3 is 0 Å². The number of hydrazone groups is 1. The first kappa shape index (κ1) is 9.80. The van der Waals surface area contributed by atoms with Crippen LogP contribution in [0.15, 0.2) is 52.2 Å². The average Bonchev–Trinajstić information content (AvgIpc) is 2.71. The lowest BCUT2D eigenvalue weighted by molar-refractivity contribution is 0.560. The SMILES string of the molecule is Clc1cccc(N/N=C/c2ccco2)c1. The van der Waals surface area contributed by atoms with Gasteiger partial charge in [-0.2, -0.15) is 5.10 Å². The topological polar surface area (TPSA) is 37.5 Å². The van der Waals surface area contributed by atoms with Crippen LogP contribution in [0.2, 0.25) is 5.02 Å². The molecule has 76 valence electrons. The summed E-state index contributed by atoms with van der Waals surface area (Å²) in [5.74, 6) is 0.699. The summed E-state index contributed by atoms with van der Waals surface area (Å²) in [4.78, 5) is 0. The first-order chi connectivity index (χ1) is 7.34. The third kappa shape index (κ3) is 2.86. The predicted molar refractivity (Wildman–Crippen MR) is 61.4 cm³/mol. The van der Waals surface area contributed by atoms with E-state index in [-0.39, 0.29) is 0 Å². The summed E-state index contributed by atoms with van der Waals surface area (Å²) in [6.07, 6.45) is 3.20. The zero-order chi connectivity index (χ0) is 10.5. The molecule has 0 spiro atoms. The Morgan fingerprint density at radius 3 is 2.93 bits per heavy atom. The third-order valence-corrected chi connectivity index (χ3v) is 1.99. The minimum Gasteiger partial charge on any atom is -0.463 e. The van der Waals surface area contributed by atoms with Crippen molar-refractivity contribution >= 4 is 23.5 Å². The fraction of sp³-hybridized carbons (Fsp3) is 0. The molecule has 2 rings (SSSR count). The van der Waals surface area contributed by atoms with Crippen molar-refractivity contribution in [1.29, 1.82) is 0 Å². The van der Waals surface area contributed by atoms with Gasteiger partial charge in [0, 0.05) is 5.02 Å². The molecular formula is C11H9ClN2O. The Labute approximate surface area is 92.4 Å². The number of nitrogens with one attached hydrogen (secondary N) is 1. The van der Waals surface area contributed by atoms with Crippen molar-refractivity contribution in [3.8, 4) is 0 Å². The van der Waals surface area contributed by atoms with Crippen molar-refractivity contribution in [1.82, 2.24) is 0 Å². The normalized spacial score (nSPS) is 10.7. The van der Waals surface area contributed by atoms with Crippen LogP contribution >= 0.6 is 11.6 Å². The predicted octanol–water partition coefficient (Wildman–Crippen LogP) is 3.38. The quantitative estimate of drug-likeness (QED) is 0.636. The molecule has 1 N–H and O–H groups in total. The summed E-state index contributed by atoms with van der Waals surface area (Å²) in [6, 6.07) is 11.0. The minimum atomic E-state index is 0.674. The molecule has 0 aliphatic rings. The number of hydrogen-bond donors (Lipinski definition) is 1. The van der Waals surface area contributed by atoms with Gasteiger partial charge in [0.05, 0.1) is 18.2 Å². The first-order valence-corrected chi connectivity index (χ1v) is 4.80. The minimum absolute atomic E-state index is 0.674. The Kier molecular flexibility index (Phi) is 3.05. The van der Waals surface area contributed by atoms with Gasteiger partial charge in [-0.15, -0.1) is 0 Å². The number of rotatable bonds is 3. The van der Waals surface area contributed by atoms with Crippen molar-refractivity contribution in [2.75, 3.05) is 5.43 Å². The Hall–Kier alpha value is -1.74. The van der Waals surface area contributed by atoms with Gasteiger partial charge in [0.2, 0.25) is 0 Å². The van der Waals surface area contributed by atoms with Gasteiger partial charge in [0.15, 0.2) is 0 Å². The van der Waals surface area contributed by atoms with E-state index in [1.54, 1.807) is 24.6 Å². The van der Waals surface area contributed by atoms with Gasteiger partial charge < -0.3 is 4.42 Å². The number of furan rings is 1. The second-order valence-electron chi connectivity index (χ2n) is 2.90. The van der Waals surface area contributed by atoms with E-state index < -0.39 is 0 Å². The van der Waals surface area contributed by atoms with Crippen molar-refractivity contribution in [2.45, 2.75) is 0 Å². The van der Waals surface area contributed by atoms with Crippen molar-refractivity contribution in [3.63, 3.8) is 0 Å². The Morgan fingerprint density at radius 1 is 1.27 bits per heavy atom. The molecule has 0 fully saturated rings. The molecule has 0 aliphatic carbocycles. The third-order valence-electron chi connectivity index (χ3n) is 1.75. The Bertz CT molecular complexity index is 451. The van der Waals surface area contributed by atoms with E-state index in [1.165, 1.54) is 0 Å². The lowest BCUT2D eigenvalue weighted by atomic mass is 10.3. The largest absolute Gasteiger partial charge is 0.463 e. The molecule has 0 radical (unpaired) electrons.